The third kappa shape index (κ3) is 1.28. The fourth-order valence-corrected chi connectivity index (χ4v) is 0.716. The van der Waals surface area contributed by atoms with Gasteiger partial charge in [-0.25, -0.2) is 0 Å². The first kappa shape index (κ1) is 7.52. The highest BCUT2D eigenvalue weighted by molar-refractivity contribution is 5.25. The standard InChI is InChI=1S/C5H7N3O3/c1-7-5(11-2)3-4(6-7)8(9)10/h3H,1-2H3. The topological polar surface area (TPSA) is 70.2 Å². The predicted octanol–water partition coefficient (Wildman–Crippen LogP) is 0.337. The number of nitro groups is 1. The van der Waals surface area contributed by atoms with Gasteiger partial charge in [0.2, 0.25) is 5.88 Å². The molecule has 0 saturated carbocycles. The average molecular weight is 157 g/mol. The van der Waals surface area contributed by atoms with Crippen molar-refractivity contribution in [1.82, 2.24) is 9.78 Å². The lowest BCUT2D eigenvalue weighted by Gasteiger charge is -1.91. The second-order valence-corrected chi connectivity index (χ2v) is 1.93. The van der Waals surface area contributed by atoms with E-state index in [9.17, 15) is 10.1 Å². The molecule has 1 aromatic rings. The maximum Gasteiger partial charge on any atom is 0.393 e. The summed E-state index contributed by atoms with van der Waals surface area (Å²) in [6.07, 6.45) is 0. The third-order valence-electron chi connectivity index (χ3n) is 1.22. The van der Waals surface area contributed by atoms with Gasteiger partial charge in [-0.1, -0.05) is 0 Å². The summed E-state index contributed by atoms with van der Waals surface area (Å²) in [5, 5.41) is 13.7. The molecule has 0 fully saturated rings. The Morgan fingerprint density at radius 2 is 2.45 bits per heavy atom. The molecule has 0 aliphatic heterocycles. The van der Waals surface area contributed by atoms with Gasteiger partial charge in [0.1, 0.15) is 6.07 Å². The molecule has 60 valence electrons. The molecule has 1 rings (SSSR count). The van der Waals surface area contributed by atoms with Crippen LogP contribution >= 0.6 is 0 Å². The molecule has 0 atom stereocenters. The van der Waals surface area contributed by atoms with Crippen LogP contribution in [0.4, 0.5) is 5.82 Å². The van der Waals surface area contributed by atoms with Crippen LogP contribution in [0.3, 0.4) is 0 Å². The molecule has 1 aromatic heterocycles. The number of nitrogens with zero attached hydrogens (tertiary/aromatic N) is 3. The van der Waals surface area contributed by atoms with Crippen molar-refractivity contribution in [1.29, 1.82) is 0 Å². The average Bonchev–Trinajstić information content (AvgIpc) is 2.31. The summed E-state index contributed by atoms with van der Waals surface area (Å²) in [5.41, 5.74) is 0. The van der Waals surface area contributed by atoms with E-state index in [1.54, 1.807) is 7.05 Å². The minimum Gasteiger partial charge on any atom is -0.480 e. The largest absolute Gasteiger partial charge is 0.480 e. The molecule has 0 aliphatic carbocycles. The number of hydrogen-bond donors (Lipinski definition) is 0. The predicted molar refractivity (Wildman–Crippen MR) is 36.4 cm³/mol. The zero-order valence-electron chi connectivity index (χ0n) is 6.14. The highest BCUT2D eigenvalue weighted by Crippen LogP contribution is 2.16. The van der Waals surface area contributed by atoms with Crippen LogP contribution in [0.25, 0.3) is 0 Å². The van der Waals surface area contributed by atoms with Crippen molar-refractivity contribution in [2.45, 2.75) is 0 Å². The monoisotopic (exact) mass is 157 g/mol. The fourth-order valence-electron chi connectivity index (χ4n) is 0.716. The lowest BCUT2D eigenvalue weighted by atomic mass is 10.6. The molecule has 1 heterocycles. The van der Waals surface area contributed by atoms with Crippen molar-refractivity contribution in [3.63, 3.8) is 0 Å². The first-order chi connectivity index (χ1) is 5.15. The fraction of sp³-hybridized carbons (Fsp3) is 0.400. The highest BCUT2D eigenvalue weighted by atomic mass is 16.6. The van der Waals surface area contributed by atoms with Crippen molar-refractivity contribution in [3.05, 3.63) is 16.2 Å². The van der Waals surface area contributed by atoms with Crippen LogP contribution in [0.5, 0.6) is 5.88 Å². The third-order valence-corrected chi connectivity index (χ3v) is 1.22. The van der Waals surface area contributed by atoms with Crippen LogP contribution in [0, 0.1) is 10.1 Å². The zero-order valence-corrected chi connectivity index (χ0v) is 6.14. The van der Waals surface area contributed by atoms with Gasteiger partial charge in [-0.15, -0.1) is 4.68 Å². The minimum absolute atomic E-state index is 0.204. The van der Waals surface area contributed by atoms with Crippen LogP contribution < -0.4 is 4.74 Å². The highest BCUT2D eigenvalue weighted by Gasteiger charge is 2.15. The van der Waals surface area contributed by atoms with Gasteiger partial charge < -0.3 is 14.9 Å². The van der Waals surface area contributed by atoms with E-state index in [0.717, 1.165) is 0 Å². The van der Waals surface area contributed by atoms with Crippen molar-refractivity contribution in [3.8, 4) is 5.88 Å². The lowest BCUT2D eigenvalue weighted by molar-refractivity contribution is -0.389. The molecule has 0 aliphatic rings. The summed E-state index contributed by atoms with van der Waals surface area (Å²) in [4.78, 5) is 9.59. The van der Waals surface area contributed by atoms with Gasteiger partial charge in [0.15, 0.2) is 0 Å². The summed E-state index contributed by atoms with van der Waals surface area (Å²) in [6.45, 7) is 0. The Morgan fingerprint density at radius 3 is 2.73 bits per heavy atom. The van der Waals surface area contributed by atoms with Crippen LogP contribution in [0.2, 0.25) is 0 Å². The second-order valence-electron chi connectivity index (χ2n) is 1.93. The number of rotatable bonds is 2. The normalized spacial score (nSPS) is 9.64. The molecule has 6 nitrogen and oxygen atoms in total. The van der Waals surface area contributed by atoms with Crippen molar-refractivity contribution < 1.29 is 9.66 Å². The number of hydrogen-bond acceptors (Lipinski definition) is 4. The van der Waals surface area contributed by atoms with Crippen LogP contribution in [-0.2, 0) is 7.05 Å². The van der Waals surface area contributed by atoms with Crippen LogP contribution in [0.1, 0.15) is 0 Å². The van der Waals surface area contributed by atoms with Gasteiger partial charge in [0, 0.05) is 0 Å². The Labute approximate surface area is 62.5 Å². The van der Waals surface area contributed by atoms with Gasteiger partial charge in [-0.05, 0) is 4.92 Å². The number of ether oxygens (including phenoxy) is 1. The maximum atomic E-state index is 10.2. The molecular formula is C5H7N3O3. The molecule has 0 spiro atoms. The number of methoxy groups -OCH3 is 1. The van der Waals surface area contributed by atoms with E-state index in [4.69, 9.17) is 4.74 Å². The molecule has 11 heavy (non-hydrogen) atoms. The molecule has 0 amide bonds. The zero-order chi connectivity index (χ0) is 8.43. The first-order valence-corrected chi connectivity index (χ1v) is 2.87. The van der Waals surface area contributed by atoms with E-state index in [1.807, 2.05) is 0 Å². The van der Waals surface area contributed by atoms with Gasteiger partial charge >= 0.3 is 5.82 Å². The summed E-state index contributed by atoms with van der Waals surface area (Å²) < 4.78 is 6.08. The van der Waals surface area contributed by atoms with Gasteiger partial charge in [-0.2, -0.15) is 0 Å². The molecule has 0 N–H and O–H groups in total. The van der Waals surface area contributed by atoms with Crippen molar-refractivity contribution >= 4 is 5.82 Å². The Bertz CT molecular complexity index is 281. The Balaban J connectivity index is 3.05. The van der Waals surface area contributed by atoms with E-state index in [2.05, 4.69) is 5.10 Å². The molecule has 0 bridgehead atoms. The smallest absolute Gasteiger partial charge is 0.393 e. The molecular weight excluding hydrogens is 150 g/mol. The summed E-state index contributed by atoms with van der Waals surface area (Å²) in [6, 6.07) is 1.26. The molecule has 6 heteroatoms. The van der Waals surface area contributed by atoms with Crippen LogP contribution in [0.15, 0.2) is 6.07 Å². The number of aryl methyl sites for hydroxylation is 1. The van der Waals surface area contributed by atoms with Gasteiger partial charge in [0.05, 0.1) is 19.3 Å². The van der Waals surface area contributed by atoms with Gasteiger partial charge in [0.25, 0.3) is 0 Å². The summed E-state index contributed by atoms with van der Waals surface area (Å²) >= 11 is 0. The lowest BCUT2D eigenvalue weighted by Crippen LogP contribution is -1.95. The summed E-state index contributed by atoms with van der Waals surface area (Å²) in [5.74, 6) is 0.168. The van der Waals surface area contributed by atoms with Crippen molar-refractivity contribution in [2.24, 2.45) is 7.05 Å². The molecule has 0 radical (unpaired) electrons. The van der Waals surface area contributed by atoms with E-state index >= 15 is 0 Å². The quantitative estimate of drug-likeness (QED) is 0.458. The van der Waals surface area contributed by atoms with E-state index in [-0.39, 0.29) is 5.82 Å². The SMILES string of the molecule is COc1cc([N+](=O)[O-])nn1C. The Morgan fingerprint density at radius 1 is 1.82 bits per heavy atom. The molecule has 0 aromatic carbocycles. The summed E-state index contributed by atoms with van der Waals surface area (Å²) in [7, 11) is 3.01. The van der Waals surface area contributed by atoms with Gasteiger partial charge in [-0.3, -0.25) is 0 Å². The van der Waals surface area contributed by atoms with Crippen molar-refractivity contribution in [2.75, 3.05) is 7.11 Å². The Kier molecular flexibility index (Phi) is 1.75. The molecule has 0 unspecified atom stereocenters. The molecule has 0 saturated heterocycles. The van der Waals surface area contributed by atoms with E-state index < -0.39 is 4.92 Å². The van der Waals surface area contributed by atoms with E-state index in [1.165, 1.54) is 17.9 Å². The van der Waals surface area contributed by atoms with E-state index in [0.29, 0.717) is 5.88 Å². The Hall–Kier alpha value is -1.59. The second kappa shape index (κ2) is 2.57. The first-order valence-electron chi connectivity index (χ1n) is 2.87. The van der Waals surface area contributed by atoms with Crippen LogP contribution in [-0.4, -0.2) is 21.8 Å². The maximum absolute atomic E-state index is 10.2. The minimum atomic E-state index is -0.567. The number of aromatic nitrogens is 2.